The summed E-state index contributed by atoms with van der Waals surface area (Å²) >= 11 is 0. The zero-order valence-corrected chi connectivity index (χ0v) is 20.5. The number of anilines is 2. The van der Waals surface area contributed by atoms with Gasteiger partial charge >= 0.3 is 0 Å². The molecule has 1 aromatic carbocycles. The second-order valence-corrected chi connectivity index (χ2v) is 7.34. The molecular formula is C23H35IN6. The van der Waals surface area contributed by atoms with E-state index in [0.29, 0.717) is 0 Å². The van der Waals surface area contributed by atoms with Crippen molar-refractivity contribution in [3.63, 3.8) is 0 Å². The van der Waals surface area contributed by atoms with E-state index in [4.69, 9.17) is 0 Å². The van der Waals surface area contributed by atoms with Gasteiger partial charge in [-0.2, -0.15) is 0 Å². The van der Waals surface area contributed by atoms with E-state index in [2.05, 4.69) is 79.8 Å². The van der Waals surface area contributed by atoms with Crippen LogP contribution >= 0.6 is 24.0 Å². The Morgan fingerprint density at radius 2 is 1.90 bits per heavy atom. The average molecular weight is 522 g/mol. The van der Waals surface area contributed by atoms with Crippen LogP contribution in [-0.4, -0.2) is 50.7 Å². The number of hydrogen-bond donors (Lipinski definition) is 2. The third kappa shape index (κ3) is 7.34. The van der Waals surface area contributed by atoms with Crippen LogP contribution in [0.2, 0.25) is 0 Å². The zero-order chi connectivity index (χ0) is 20.3. The van der Waals surface area contributed by atoms with Gasteiger partial charge in [0, 0.05) is 58.2 Å². The van der Waals surface area contributed by atoms with Crippen molar-refractivity contribution < 1.29 is 0 Å². The summed E-state index contributed by atoms with van der Waals surface area (Å²) in [5.74, 6) is 1.93. The van der Waals surface area contributed by atoms with Gasteiger partial charge in [0.1, 0.15) is 5.82 Å². The summed E-state index contributed by atoms with van der Waals surface area (Å²) in [6.45, 7) is 8.10. The molecule has 7 heteroatoms. The van der Waals surface area contributed by atoms with Crippen molar-refractivity contribution in [1.29, 1.82) is 0 Å². The average Bonchev–Trinajstić information content (AvgIpc) is 3.32. The Bertz CT molecular complexity index is 761. The van der Waals surface area contributed by atoms with E-state index in [1.807, 2.05) is 13.2 Å². The highest BCUT2D eigenvalue weighted by atomic mass is 127. The molecule has 164 valence electrons. The molecule has 0 atom stereocenters. The van der Waals surface area contributed by atoms with Gasteiger partial charge in [0.05, 0.1) is 0 Å². The maximum Gasteiger partial charge on any atom is 0.191 e. The van der Waals surface area contributed by atoms with E-state index < -0.39 is 0 Å². The lowest BCUT2D eigenvalue weighted by molar-refractivity contribution is 0.708. The summed E-state index contributed by atoms with van der Waals surface area (Å²) in [6.07, 6.45) is 5.49. The van der Waals surface area contributed by atoms with Crippen LogP contribution in [0.1, 0.15) is 31.7 Å². The summed E-state index contributed by atoms with van der Waals surface area (Å²) < 4.78 is 0. The molecule has 3 rings (SSSR count). The maximum absolute atomic E-state index is 4.53. The van der Waals surface area contributed by atoms with Crippen LogP contribution in [-0.2, 0) is 6.54 Å². The zero-order valence-electron chi connectivity index (χ0n) is 18.2. The van der Waals surface area contributed by atoms with Crippen molar-refractivity contribution in [2.45, 2.75) is 32.7 Å². The van der Waals surface area contributed by atoms with E-state index in [9.17, 15) is 0 Å². The first kappa shape index (κ1) is 24.2. The molecule has 2 aromatic rings. The van der Waals surface area contributed by atoms with Gasteiger partial charge in [-0.25, -0.2) is 4.98 Å². The van der Waals surface area contributed by atoms with Crippen LogP contribution in [0.15, 0.2) is 53.7 Å². The predicted octanol–water partition coefficient (Wildman–Crippen LogP) is 3.88. The molecule has 0 aliphatic carbocycles. The molecule has 0 saturated carbocycles. The van der Waals surface area contributed by atoms with Gasteiger partial charge in [-0.3, -0.25) is 4.99 Å². The molecule has 1 aliphatic rings. The third-order valence-corrected chi connectivity index (χ3v) is 5.32. The number of nitrogens with zero attached hydrogens (tertiary/aromatic N) is 4. The van der Waals surface area contributed by atoms with Gasteiger partial charge in [-0.15, -0.1) is 24.0 Å². The topological polar surface area (TPSA) is 55.8 Å². The number of nitrogens with one attached hydrogen (secondary N) is 2. The summed E-state index contributed by atoms with van der Waals surface area (Å²) in [4.78, 5) is 13.6. The Hall–Kier alpha value is -2.03. The molecule has 0 spiro atoms. The van der Waals surface area contributed by atoms with Gasteiger partial charge in [-0.1, -0.05) is 18.2 Å². The Labute approximate surface area is 198 Å². The van der Waals surface area contributed by atoms with Crippen LogP contribution < -0.4 is 20.4 Å². The molecule has 2 heterocycles. The maximum atomic E-state index is 4.53. The summed E-state index contributed by atoms with van der Waals surface area (Å²) in [5, 5.41) is 6.84. The van der Waals surface area contributed by atoms with Crippen LogP contribution in [0.5, 0.6) is 0 Å². The molecule has 0 radical (unpaired) electrons. The van der Waals surface area contributed by atoms with Gasteiger partial charge in [-0.05, 0) is 56.0 Å². The number of hydrogen-bond acceptors (Lipinski definition) is 4. The third-order valence-electron chi connectivity index (χ3n) is 5.32. The molecule has 6 nitrogen and oxygen atoms in total. The highest BCUT2D eigenvalue weighted by molar-refractivity contribution is 14.0. The van der Waals surface area contributed by atoms with Gasteiger partial charge in [0.15, 0.2) is 5.96 Å². The second kappa shape index (κ2) is 13.3. The minimum atomic E-state index is 0. The first-order chi connectivity index (χ1) is 14.3. The largest absolute Gasteiger partial charge is 0.372 e. The molecule has 0 amide bonds. The number of rotatable bonds is 9. The standard InChI is InChI=1S/C23H34N6.HI/c1-3-28(21-10-5-4-6-11-21)17-9-13-26-23(24-2)27-19-20-12-14-25-22(18-20)29-15-7-8-16-29;/h4-6,10-12,14,18H,3,7-9,13,15-17,19H2,1-2H3,(H2,24,26,27);1H. The van der Waals surface area contributed by atoms with E-state index in [-0.39, 0.29) is 24.0 Å². The quantitative estimate of drug-likeness (QED) is 0.227. The minimum Gasteiger partial charge on any atom is -0.372 e. The van der Waals surface area contributed by atoms with E-state index >= 15 is 0 Å². The fourth-order valence-corrected chi connectivity index (χ4v) is 3.68. The van der Waals surface area contributed by atoms with Gasteiger partial charge in [0.2, 0.25) is 0 Å². The minimum absolute atomic E-state index is 0. The lowest BCUT2D eigenvalue weighted by Gasteiger charge is -2.23. The molecule has 2 N–H and O–H groups in total. The Kier molecular flexibility index (Phi) is 10.8. The van der Waals surface area contributed by atoms with E-state index in [0.717, 1.165) is 57.5 Å². The van der Waals surface area contributed by atoms with Gasteiger partial charge < -0.3 is 20.4 Å². The monoisotopic (exact) mass is 522 g/mol. The van der Waals surface area contributed by atoms with E-state index in [1.54, 1.807) is 0 Å². The fraction of sp³-hybridized carbons (Fsp3) is 0.478. The Morgan fingerprint density at radius 3 is 2.60 bits per heavy atom. The molecule has 1 aliphatic heterocycles. The normalized spacial score (nSPS) is 13.7. The molecule has 0 unspecified atom stereocenters. The number of benzene rings is 1. The van der Waals surface area contributed by atoms with Crippen molar-refractivity contribution >= 4 is 41.4 Å². The van der Waals surface area contributed by atoms with E-state index in [1.165, 1.54) is 24.1 Å². The molecule has 30 heavy (non-hydrogen) atoms. The molecule has 1 aromatic heterocycles. The molecule has 1 fully saturated rings. The van der Waals surface area contributed by atoms with Crippen molar-refractivity contribution in [3.8, 4) is 0 Å². The second-order valence-electron chi connectivity index (χ2n) is 7.34. The summed E-state index contributed by atoms with van der Waals surface area (Å²) in [7, 11) is 1.82. The highest BCUT2D eigenvalue weighted by Gasteiger charge is 2.13. The predicted molar refractivity (Wildman–Crippen MR) is 138 cm³/mol. The molecule has 1 saturated heterocycles. The van der Waals surface area contributed by atoms with Crippen LogP contribution in [0, 0.1) is 0 Å². The van der Waals surface area contributed by atoms with Gasteiger partial charge in [0.25, 0.3) is 0 Å². The smallest absolute Gasteiger partial charge is 0.191 e. The van der Waals surface area contributed by atoms with Crippen molar-refractivity contribution in [3.05, 3.63) is 54.2 Å². The van der Waals surface area contributed by atoms with Crippen molar-refractivity contribution in [2.24, 2.45) is 4.99 Å². The summed E-state index contributed by atoms with van der Waals surface area (Å²) in [6, 6.07) is 14.8. The Morgan fingerprint density at radius 1 is 1.13 bits per heavy atom. The summed E-state index contributed by atoms with van der Waals surface area (Å²) in [5.41, 5.74) is 2.51. The van der Waals surface area contributed by atoms with Crippen LogP contribution in [0.4, 0.5) is 11.5 Å². The Balaban J connectivity index is 0.00000320. The van der Waals surface area contributed by atoms with Crippen molar-refractivity contribution in [2.75, 3.05) is 49.6 Å². The number of halogens is 1. The highest BCUT2D eigenvalue weighted by Crippen LogP contribution is 2.18. The number of pyridine rings is 1. The van der Waals surface area contributed by atoms with Crippen LogP contribution in [0.3, 0.4) is 0 Å². The molecular weight excluding hydrogens is 487 g/mol. The number of guanidine groups is 1. The SMILES string of the molecule is CCN(CCCNC(=NC)NCc1ccnc(N2CCCC2)c1)c1ccccc1.I. The number of para-hydroxylation sites is 1. The lowest BCUT2D eigenvalue weighted by atomic mass is 10.2. The molecule has 0 bridgehead atoms. The number of aromatic nitrogens is 1. The fourth-order valence-electron chi connectivity index (χ4n) is 3.68. The first-order valence-corrected chi connectivity index (χ1v) is 10.7. The first-order valence-electron chi connectivity index (χ1n) is 10.7. The lowest BCUT2D eigenvalue weighted by Crippen LogP contribution is -2.38. The van der Waals surface area contributed by atoms with Crippen molar-refractivity contribution in [1.82, 2.24) is 15.6 Å². The van der Waals surface area contributed by atoms with Crippen LogP contribution in [0.25, 0.3) is 0 Å². The number of aliphatic imine (C=N–C) groups is 1.